The number of hydroxylamine groups is 1. The predicted molar refractivity (Wildman–Crippen MR) is 65.3 cm³/mol. The second-order valence-corrected chi connectivity index (χ2v) is 5.41. The standard InChI is InChI=1S/C10H12BrClN2O2/c1-10(2,3)16-14-9(15)7-4-6(11)5-13-8(7)12/h4-5H,1-3H3,(H,14,15). The van der Waals surface area contributed by atoms with Crippen LogP contribution in [-0.2, 0) is 4.84 Å². The van der Waals surface area contributed by atoms with Gasteiger partial charge in [-0.2, -0.15) is 0 Å². The lowest BCUT2D eigenvalue weighted by Crippen LogP contribution is -2.33. The zero-order valence-electron chi connectivity index (χ0n) is 9.17. The number of aromatic nitrogens is 1. The minimum atomic E-state index is -0.457. The summed E-state index contributed by atoms with van der Waals surface area (Å²) >= 11 is 9.01. The Kier molecular flexibility index (Phi) is 4.29. The van der Waals surface area contributed by atoms with Gasteiger partial charge in [-0.05, 0) is 42.8 Å². The highest BCUT2D eigenvalue weighted by molar-refractivity contribution is 9.10. The zero-order valence-corrected chi connectivity index (χ0v) is 11.5. The van der Waals surface area contributed by atoms with Crippen LogP contribution in [0.2, 0.25) is 5.15 Å². The summed E-state index contributed by atoms with van der Waals surface area (Å²) < 4.78 is 0.679. The summed E-state index contributed by atoms with van der Waals surface area (Å²) in [5.74, 6) is -0.422. The van der Waals surface area contributed by atoms with Crippen LogP contribution >= 0.6 is 27.5 Å². The summed E-state index contributed by atoms with van der Waals surface area (Å²) in [6.07, 6.45) is 1.52. The first-order valence-corrected chi connectivity index (χ1v) is 5.76. The maximum atomic E-state index is 11.7. The van der Waals surface area contributed by atoms with Crippen molar-refractivity contribution >= 4 is 33.4 Å². The smallest absolute Gasteiger partial charge is 0.268 e. The number of nitrogens with zero attached hydrogens (tertiary/aromatic N) is 1. The van der Waals surface area contributed by atoms with Crippen LogP contribution in [0, 0.1) is 0 Å². The second-order valence-electron chi connectivity index (χ2n) is 4.14. The lowest BCUT2D eigenvalue weighted by molar-refractivity contribution is -0.0589. The highest BCUT2D eigenvalue weighted by Crippen LogP contribution is 2.18. The molecule has 1 amide bonds. The second kappa shape index (κ2) is 5.12. The fourth-order valence-corrected chi connectivity index (χ4v) is 1.36. The van der Waals surface area contributed by atoms with Crippen LogP contribution in [0.25, 0.3) is 0 Å². The highest BCUT2D eigenvalue weighted by atomic mass is 79.9. The number of hydrogen-bond donors (Lipinski definition) is 1. The van der Waals surface area contributed by atoms with E-state index in [9.17, 15) is 4.79 Å². The van der Waals surface area contributed by atoms with E-state index in [2.05, 4.69) is 26.4 Å². The number of carbonyl (C=O) groups is 1. The lowest BCUT2D eigenvalue weighted by atomic mass is 10.2. The van der Waals surface area contributed by atoms with Crippen molar-refractivity contribution in [3.63, 3.8) is 0 Å². The van der Waals surface area contributed by atoms with E-state index >= 15 is 0 Å². The number of amides is 1. The van der Waals surface area contributed by atoms with Crippen molar-refractivity contribution in [2.75, 3.05) is 0 Å². The molecule has 1 N–H and O–H groups in total. The Morgan fingerprint density at radius 3 is 2.75 bits per heavy atom. The summed E-state index contributed by atoms with van der Waals surface area (Å²) in [5, 5.41) is 0.137. The third-order valence-electron chi connectivity index (χ3n) is 1.50. The number of hydrogen-bond acceptors (Lipinski definition) is 3. The molecule has 0 atom stereocenters. The van der Waals surface area contributed by atoms with Crippen molar-refractivity contribution in [1.82, 2.24) is 10.5 Å². The van der Waals surface area contributed by atoms with Crippen LogP contribution in [0.1, 0.15) is 31.1 Å². The highest BCUT2D eigenvalue weighted by Gasteiger charge is 2.16. The Morgan fingerprint density at radius 2 is 2.19 bits per heavy atom. The Bertz CT molecular complexity index is 404. The Morgan fingerprint density at radius 1 is 1.56 bits per heavy atom. The van der Waals surface area contributed by atoms with Gasteiger partial charge in [-0.3, -0.25) is 9.63 Å². The van der Waals surface area contributed by atoms with Crippen molar-refractivity contribution in [1.29, 1.82) is 0 Å². The van der Waals surface area contributed by atoms with Crippen LogP contribution in [-0.4, -0.2) is 16.5 Å². The maximum absolute atomic E-state index is 11.7. The molecule has 0 saturated carbocycles. The van der Waals surface area contributed by atoms with Crippen LogP contribution in [0.15, 0.2) is 16.7 Å². The molecule has 1 rings (SSSR count). The first kappa shape index (κ1) is 13.4. The molecule has 0 bridgehead atoms. The normalized spacial score (nSPS) is 11.3. The van der Waals surface area contributed by atoms with Crippen LogP contribution < -0.4 is 5.48 Å². The molecular weight excluding hydrogens is 295 g/mol. The van der Waals surface area contributed by atoms with Gasteiger partial charge in [0.25, 0.3) is 5.91 Å². The Labute approximate surface area is 107 Å². The summed E-state index contributed by atoms with van der Waals surface area (Å²) in [7, 11) is 0. The minimum Gasteiger partial charge on any atom is -0.268 e. The first-order chi connectivity index (χ1) is 7.29. The molecule has 0 fully saturated rings. The fraction of sp³-hybridized carbons (Fsp3) is 0.400. The molecule has 0 spiro atoms. The van der Waals surface area contributed by atoms with Crippen molar-refractivity contribution in [2.45, 2.75) is 26.4 Å². The predicted octanol–water partition coefficient (Wildman–Crippen LogP) is 2.96. The van der Waals surface area contributed by atoms with E-state index in [0.717, 1.165) is 0 Å². The molecule has 0 aliphatic carbocycles. The monoisotopic (exact) mass is 306 g/mol. The van der Waals surface area contributed by atoms with Gasteiger partial charge in [-0.1, -0.05) is 11.6 Å². The average Bonchev–Trinajstić information content (AvgIpc) is 2.17. The van der Waals surface area contributed by atoms with Crippen molar-refractivity contribution in [3.05, 3.63) is 27.5 Å². The number of carbonyl (C=O) groups excluding carboxylic acids is 1. The number of rotatable bonds is 2. The van der Waals surface area contributed by atoms with Crippen LogP contribution in [0.4, 0.5) is 0 Å². The summed E-state index contributed by atoms with van der Waals surface area (Å²) in [6, 6.07) is 1.58. The van der Waals surface area contributed by atoms with Gasteiger partial charge in [0.1, 0.15) is 5.15 Å². The van der Waals surface area contributed by atoms with Crippen LogP contribution in [0.3, 0.4) is 0 Å². The zero-order chi connectivity index (χ0) is 12.3. The first-order valence-electron chi connectivity index (χ1n) is 4.59. The molecule has 0 aromatic carbocycles. The van der Waals surface area contributed by atoms with E-state index < -0.39 is 11.5 Å². The molecule has 0 saturated heterocycles. The molecule has 0 radical (unpaired) electrons. The number of halogens is 2. The van der Waals surface area contributed by atoms with Crippen molar-refractivity contribution in [3.8, 4) is 0 Å². The molecule has 1 aromatic heterocycles. The molecule has 4 nitrogen and oxygen atoms in total. The third kappa shape index (κ3) is 4.08. The molecule has 1 heterocycles. The van der Waals surface area contributed by atoms with E-state index in [0.29, 0.717) is 4.47 Å². The van der Waals surface area contributed by atoms with Gasteiger partial charge in [0.15, 0.2) is 0 Å². The van der Waals surface area contributed by atoms with Gasteiger partial charge >= 0.3 is 0 Å². The van der Waals surface area contributed by atoms with Crippen LogP contribution in [0.5, 0.6) is 0 Å². The molecule has 0 aliphatic heterocycles. The van der Waals surface area contributed by atoms with E-state index in [4.69, 9.17) is 16.4 Å². The van der Waals surface area contributed by atoms with Gasteiger partial charge in [-0.25, -0.2) is 10.5 Å². The van der Waals surface area contributed by atoms with E-state index in [1.54, 1.807) is 6.07 Å². The molecule has 88 valence electrons. The van der Waals surface area contributed by atoms with Gasteiger partial charge < -0.3 is 0 Å². The summed E-state index contributed by atoms with van der Waals surface area (Å²) in [6.45, 7) is 5.48. The van der Waals surface area contributed by atoms with Gasteiger partial charge in [0, 0.05) is 10.7 Å². The molecule has 1 aromatic rings. The van der Waals surface area contributed by atoms with E-state index in [-0.39, 0.29) is 10.7 Å². The topological polar surface area (TPSA) is 51.2 Å². The number of nitrogens with one attached hydrogen (secondary N) is 1. The van der Waals surface area contributed by atoms with E-state index in [1.165, 1.54) is 6.20 Å². The lowest BCUT2D eigenvalue weighted by Gasteiger charge is -2.19. The third-order valence-corrected chi connectivity index (χ3v) is 2.24. The maximum Gasteiger partial charge on any atom is 0.278 e. The van der Waals surface area contributed by atoms with Crippen molar-refractivity contribution < 1.29 is 9.63 Å². The molecule has 6 heteroatoms. The largest absolute Gasteiger partial charge is 0.278 e. The van der Waals surface area contributed by atoms with Gasteiger partial charge in [0.05, 0.1) is 11.2 Å². The molecular formula is C10H12BrClN2O2. The van der Waals surface area contributed by atoms with Gasteiger partial charge in [0.2, 0.25) is 0 Å². The van der Waals surface area contributed by atoms with E-state index in [1.807, 2.05) is 20.8 Å². The molecule has 0 unspecified atom stereocenters. The minimum absolute atomic E-state index is 0.137. The van der Waals surface area contributed by atoms with Crippen molar-refractivity contribution in [2.24, 2.45) is 0 Å². The average molecular weight is 308 g/mol. The molecule has 16 heavy (non-hydrogen) atoms. The Hall–Kier alpha value is -0.650. The summed E-state index contributed by atoms with van der Waals surface area (Å²) in [5.41, 5.74) is 2.13. The van der Waals surface area contributed by atoms with Gasteiger partial charge in [-0.15, -0.1) is 0 Å². The fourth-order valence-electron chi connectivity index (χ4n) is 0.836. The SMILES string of the molecule is CC(C)(C)ONC(=O)c1cc(Br)cnc1Cl. The molecule has 0 aliphatic rings. The number of pyridine rings is 1. The summed E-state index contributed by atoms with van der Waals surface area (Å²) in [4.78, 5) is 20.7. The quantitative estimate of drug-likeness (QED) is 0.675. The Balaban J connectivity index is 2.77.